The molecule has 0 radical (unpaired) electrons. The molecule has 0 fully saturated rings. The van der Waals surface area contributed by atoms with Gasteiger partial charge < -0.3 is 23.4 Å². The van der Waals surface area contributed by atoms with Crippen molar-refractivity contribution < 1.29 is 28.2 Å². The molecular formula is C21H23BrN2O6. The topological polar surface area (TPSA) is 92.9 Å². The highest BCUT2D eigenvalue weighted by Crippen LogP contribution is 2.41. The van der Waals surface area contributed by atoms with Crippen molar-refractivity contribution in [2.75, 3.05) is 33.5 Å². The zero-order valence-electron chi connectivity index (χ0n) is 17.0. The number of methoxy groups -OCH3 is 1. The van der Waals surface area contributed by atoms with Gasteiger partial charge in [-0.25, -0.2) is 14.8 Å². The predicted octanol–water partition coefficient (Wildman–Crippen LogP) is 4.26. The average Bonchev–Trinajstić information content (AvgIpc) is 3.09. The lowest BCUT2D eigenvalue weighted by Gasteiger charge is -2.13. The van der Waals surface area contributed by atoms with Crippen LogP contribution in [0.4, 0.5) is 0 Å². The fourth-order valence-electron chi connectivity index (χ4n) is 2.82. The molecule has 1 atom stereocenters. The minimum atomic E-state index is -0.379. The van der Waals surface area contributed by atoms with E-state index in [9.17, 15) is 4.79 Å². The number of ether oxygens (including phenoxy) is 4. The van der Waals surface area contributed by atoms with Crippen LogP contribution in [0, 0.1) is 5.92 Å². The first-order valence-corrected chi connectivity index (χ1v) is 10.3. The third-order valence-electron chi connectivity index (χ3n) is 4.22. The standard InChI is InChI=1S/C21H23BrN2O6/c1-4-28-16(25)11-27-9-13(2)10-29-20-18-17(14-5-7-15(26-3)8-6-14)19(22)30-21(18)24-12-23-20/h5-8,12-13H,4,9-11H2,1-3H3/t13-/m1/s1. The summed E-state index contributed by atoms with van der Waals surface area (Å²) in [5.41, 5.74) is 2.13. The van der Waals surface area contributed by atoms with E-state index in [0.29, 0.717) is 41.5 Å². The molecule has 0 saturated carbocycles. The van der Waals surface area contributed by atoms with Gasteiger partial charge in [0.05, 0.1) is 26.9 Å². The van der Waals surface area contributed by atoms with Crippen LogP contribution in [0.2, 0.25) is 0 Å². The third kappa shape index (κ3) is 5.28. The number of furan rings is 1. The normalized spacial score (nSPS) is 12.0. The van der Waals surface area contributed by atoms with Crippen molar-refractivity contribution in [1.29, 1.82) is 0 Å². The van der Waals surface area contributed by atoms with Crippen molar-refractivity contribution in [1.82, 2.24) is 9.97 Å². The van der Waals surface area contributed by atoms with E-state index in [4.69, 9.17) is 23.4 Å². The lowest BCUT2D eigenvalue weighted by atomic mass is 10.1. The van der Waals surface area contributed by atoms with Crippen LogP contribution in [0.15, 0.2) is 39.7 Å². The first-order valence-electron chi connectivity index (χ1n) is 9.47. The number of benzene rings is 1. The van der Waals surface area contributed by atoms with Gasteiger partial charge in [0.25, 0.3) is 0 Å². The molecule has 0 aliphatic carbocycles. The fraction of sp³-hybridized carbons (Fsp3) is 0.381. The Morgan fingerprint density at radius 3 is 2.67 bits per heavy atom. The van der Waals surface area contributed by atoms with Crippen LogP contribution in [0.3, 0.4) is 0 Å². The number of carbonyl (C=O) groups excluding carboxylic acids is 1. The summed E-state index contributed by atoms with van der Waals surface area (Å²) < 4.78 is 27.7. The summed E-state index contributed by atoms with van der Waals surface area (Å²) in [6.45, 7) is 4.67. The van der Waals surface area contributed by atoms with Crippen molar-refractivity contribution in [3.05, 3.63) is 35.3 Å². The number of hydrogen-bond donors (Lipinski definition) is 0. The van der Waals surface area contributed by atoms with Crippen LogP contribution in [0.5, 0.6) is 11.6 Å². The van der Waals surface area contributed by atoms with Crippen LogP contribution >= 0.6 is 15.9 Å². The van der Waals surface area contributed by atoms with E-state index in [2.05, 4.69) is 25.9 Å². The SMILES string of the molecule is CCOC(=O)COC[C@@H](C)COc1ncnc2oc(Br)c(-c3ccc(OC)cc3)c12. The summed E-state index contributed by atoms with van der Waals surface area (Å²) in [5, 5.41) is 0.675. The highest BCUT2D eigenvalue weighted by atomic mass is 79.9. The van der Waals surface area contributed by atoms with Gasteiger partial charge in [0.2, 0.25) is 11.6 Å². The zero-order valence-corrected chi connectivity index (χ0v) is 18.6. The molecule has 0 unspecified atom stereocenters. The van der Waals surface area contributed by atoms with E-state index in [0.717, 1.165) is 16.9 Å². The largest absolute Gasteiger partial charge is 0.497 e. The van der Waals surface area contributed by atoms with Crippen LogP contribution in [0.25, 0.3) is 22.2 Å². The lowest BCUT2D eigenvalue weighted by molar-refractivity contribution is -0.148. The Kier molecular flexibility index (Phi) is 7.64. The van der Waals surface area contributed by atoms with Gasteiger partial charge in [-0.05, 0) is 40.5 Å². The second-order valence-electron chi connectivity index (χ2n) is 6.57. The number of nitrogens with zero attached hydrogens (tertiary/aromatic N) is 2. The van der Waals surface area contributed by atoms with E-state index >= 15 is 0 Å². The van der Waals surface area contributed by atoms with Gasteiger partial charge in [-0.2, -0.15) is 0 Å². The van der Waals surface area contributed by atoms with Crippen LogP contribution < -0.4 is 9.47 Å². The first-order chi connectivity index (χ1) is 14.5. The summed E-state index contributed by atoms with van der Waals surface area (Å²) in [6, 6.07) is 7.59. The Labute approximate surface area is 182 Å². The van der Waals surface area contributed by atoms with Gasteiger partial charge in [-0.15, -0.1) is 0 Å². The Hall–Kier alpha value is -2.65. The Bertz CT molecular complexity index is 989. The molecule has 8 nitrogen and oxygen atoms in total. The molecule has 0 saturated heterocycles. The van der Waals surface area contributed by atoms with Crippen molar-refractivity contribution in [2.45, 2.75) is 13.8 Å². The molecular weight excluding hydrogens is 456 g/mol. The van der Waals surface area contributed by atoms with Crippen LogP contribution in [-0.4, -0.2) is 49.5 Å². The summed E-state index contributed by atoms with van der Waals surface area (Å²) >= 11 is 3.47. The van der Waals surface area contributed by atoms with E-state index in [1.807, 2.05) is 31.2 Å². The van der Waals surface area contributed by atoms with Crippen molar-refractivity contribution >= 4 is 33.0 Å². The second kappa shape index (κ2) is 10.4. The first kappa shape index (κ1) is 22.0. The highest BCUT2D eigenvalue weighted by Gasteiger charge is 2.21. The van der Waals surface area contributed by atoms with Gasteiger partial charge in [0.1, 0.15) is 24.1 Å². The molecule has 0 spiro atoms. The van der Waals surface area contributed by atoms with Crippen molar-refractivity contribution in [3.63, 3.8) is 0 Å². The number of fused-ring (bicyclic) bond motifs is 1. The number of carbonyl (C=O) groups is 1. The lowest BCUT2D eigenvalue weighted by Crippen LogP contribution is -2.19. The maximum Gasteiger partial charge on any atom is 0.332 e. The molecule has 0 amide bonds. The van der Waals surface area contributed by atoms with Crippen molar-refractivity contribution in [3.8, 4) is 22.8 Å². The maximum absolute atomic E-state index is 11.3. The molecule has 9 heteroatoms. The monoisotopic (exact) mass is 478 g/mol. The minimum Gasteiger partial charge on any atom is -0.497 e. The number of hydrogen-bond acceptors (Lipinski definition) is 8. The van der Waals surface area contributed by atoms with Gasteiger partial charge in [-0.1, -0.05) is 19.1 Å². The molecule has 3 aromatic rings. The molecule has 2 aromatic heterocycles. The van der Waals surface area contributed by atoms with Gasteiger partial charge in [-0.3, -0.25) is 0 Å². The van der Waals surface area contributed by atoms with Gasteiger partial charge in [0.15, 0.2) is 4.67 Å². The average molecular weight is 479 g/mol. The zero-order chi connectivity index (χ0) is 21.5. The Balaban J connectivity index is 1.74. The smallest absolute Gasteiger partial charge is 0.332 e. The number of aromatic nitrogens is 2. The predicted molar refractivity (Wildman–Crippen MR) is 114 cm³/mol. The van der Waals surface area contributed by atoms with Crippen LogP contribution in [0.1, 0.15) is 13.8 Å². The summed E-state index contributed by atoms with van der Waals surface area (Å²) in [6.07, 6.45) is 1.40. The minimum absolute atomic E-state index is 0.0317. The molecule has 0 N–H and O–H groups in total. The number of halogens is 1. The Morgan fingerprint density at radius 1 is 1.20 bits per heavy atom. The quantitative estimate of drug-likeness (QED) is 0.399. The van der Waals surface area contributed by atoms with Crippen LogP contribution in [-0.2, 0) is 14.3 Å². The number of rotatable bonds is 10. The van der Waals surface area contributed by atoms with E-state index < -0.39 is 0 Å². The fourth-order valence-corrected chi connectivity index (χ4v) is 3.40. The molecule has 0 aliphatic heterocycles. The molecule has 160 valence electrons. The summed E-state index contributed by atoms with van der Waals surface area (Å²) in [5.74, 6) is 0.823. The highest BCUT2D eigenvalue weighted by molar-refractivity contribution is 9.10. The molecule has 2 heterocycles. The van der Waals surface area contributed by atoms with Gasteiger partial charge >= 0.3 is 5.97 Å². The third-order valence-corrected chi connectivity index (χ3v) is 4.78. The molecule has 3 rings (SSSR count). The molecule has 0 aliphatic rings. The second-order valence-corrected chi connectivity index (χ2v) is 7.29. The Morgan fingerprint density at radius 2 is 1.97 bits per heavy atom. The van der Waals surface area contributed by atoms with E-state index in [1.54, 1.807) is 14.0 Å². The summed E-state index contributed by atoms with van der Waals surface area (Å²) in [7, 11) is 1.62. The molecule has 30 heavy (non-hydrogen) atoms. The van der Waals surface area contributed by atoms with E-state index in [-0.39, 0.29) is 18.5 Å². The number of esters is 1. The van der Waals surface area contributed by atoms with E-state index in [1.165, 1.54) is 6.33 Å². The maximum atomic E-state index is 11.3. The summed E-state index contributed by atoms with van der Waals surface area (Å²) in [4.78, 5) is 19.8. The van der Waals surface area contributed by atoms with Gasteiger partial charge in [0, 0.05) is 11.5 Å². The van der Waals surface area contributed by atoms with Crippen molar-refractivity contribution in [2.24, 2.45) is 5.92 Å². The molecule has 1 aromatic carbocycles. The molecule has 0 bridgehead atoms.